The first-order valence-corrected chi connectivity index (χ1v) is 8.57. The van der Waals surface area contributed by atoms with Crippen LogP contribution in [0.2, 0.25) is 5.02 Å². The summed E-state index contributed by atoms with van der Waals surface area (Å²) in [6.07, 6.45) is 3.37. The first-order valence-electron chi connectivity index (χ1n) is 8.19. The highest BCUT2D eigenvalue weighted by molar-refractivity contribution is 6.32. The first-order chi connectivity index (χ1) is 11.7. The molecule has 4 heteroatoms. The lowest BCUT2D eigenvalue weighted by Crippen LogP contribution is -2.07. The smallest absolute Gasteiger partial charge is 0.165 e. The number of para-hydroxylation sites is 2. The maximum absolute atomic E-state index is 12.3. The molecule has 0 bridgehead atoms. The fourth-order valence-corrected chi connectivity index (χ4v) is 3.02. The molecule has 0 aliphatic carbocycles. The summed E-state index contributed by atoms with van der Waals surface area (Å²) in [7, 11) is 0. The molecular weight excluding hydrogens is 322 g/mol. The highest BCUT2D eigenvalue weighted by Crippen LogP contribution is 2.25. The van der Waals surface area contributed by atoms with E-state index in [-0.39, 0.29) is 5.78 Å². The lowest BCUT2D eigenvalue weighted by Gasteiger charge is -2.09. The second kappa shape index (κ2) is 7.54. The number of ketones is 1. The van der Waals surface area contributed by atoms with Crippen LogP contribution in [0.5, 0.6) is 5.75 Å². The average Bonchev–Trinajstić information content (AvgIpc) is 2.96. The monoisotopic (exact) mass is 341 g/mol. The van der Waals surface area contributed by atoms with Crippen molar-refractivity contribution in [2.75, 3.05) is 6.61 Å². The van der Waals surface area contributed by atoms with Gasteiger partial charge in [-0.1, -0.05) is 48.9 Å². The van der Waals surface area contributed by atoms with Crippen LogP contribution in [0.3, 0.4) is 0 Å². The van der Waals surface area contributed by atoms with Gasteiger partial charge in [0.2, 0.25) is 0 Å². The molecule has 1 aromatic heterocycles. The summed E-state index contributed by atoms with van der Waals surface area (Å²) in [6.45, 7) is 3.17. The molecule has 0 amide bonds. The SMILES string of the molecule is CCCC(=O)c1cn(CCOc2ccccc2Cl)c2ccccc12. The molecule has 3 rings (SSSR count). The molecule has 0 radical (unpaired) electrons. The summed E-state index contributed by atoms with van der Waals surface area (Å²) in [5.41, 5.74) is 1.85. The Kier molecular flexibility index (Phi) is 5.21. The van der Waals surface area contributed by atoms with E-state index in [1.807, 2.05) is 61.7 Å². The maximum atomic E-state index is 12.3. The molecule has 124 valence electrons. The Morgan fingerprint density at radius 1 is 1.12 bits per heavy atom. The number of aromatic nitrogens is 1. The van der Waals surface area contributed by atoms with E-state index in [2.05, 4.69) is 4.57 Å². The van der Waals surface area contributed by atoms with Gasteiger partial charge >= 0.3 is 0 Å². The summed E-state index contributed by atoms with van der Waals surface area (Å²) < 4.78 is 7.85. The van der Waals surface area contributed by atoms with E-state index in [9.17, 15) is 4.79 Å². The van der Waals surface area contributed by atoms with E-state index >= 15 is 0 Å². The van der Waals surface area contributed by atoms with Gasteiger partial charge in [-0.05, 0) is 24.6 Å². The van der Waals surface area contributed by atoms with Crippen LogP contribution in [0.4, 0.5) is 0 Å². The minimum Gasteiger partial charge on any atom is -0.490 e. The van der Waals surface area contributed by atoms with Crippen molar-refractivity contribution in [2.45, 2.75) is 26.3 Å². The van der Waals surface area contributed by atoms with Crippen molar-refractivity contribution < 1.29 is 9.53 Å². The van der Waals surface area contributed by atoms with Gasteiger partial charge in [0.25, 0.3) is 0 Å². The van der Waals surface area contributed by atoms with Crippen LogP contribution in [0.1, 0.15) is 30.1 Å². The van der Waals surface area contributed by atoms with Crippen LogP contribution >= 0.6 is 11.6 Å². The molecule has 3 aromatic rings. The van der Waals surface area contributed by atoms with Crippen molar-refractivity contribution in [2.24, 2.45) is 0 Å². The highest BCUT2D eigenvalue weighted by Gasteiger charge is 2.14. The number of rotatable bonds is 7. The van der Waals surface area contributed by atoms with Gasteiger partial charge in [-0.3, -0.25) is 4.79 Å². The number of ether oxygens (including phenoxy) is 1. The fraction of sp³-hybridized carbons (Fsp3) is 0.250. The molecular formula is C20H20ClNO2. The van der Waals surface area contributed by atoms with Crippen LogP contribution in [0.25, 0.3) is 10.9 Å². The normalized spacial score (nSPS) is 10.9. The third-order valence-electron chi connectivity index (χ3n) is 3.99. The topological polar surface area (TPSA) is 31.2 Å². The molecule has 0 saturated heterocycles. The Morgan fingerprint density at radius 2 is 1.88 bits per heavy atom. The molecule has 0 aliphatic rings. The molecule has 0 unspecified atom stereocenters. The van der Waals surface area contributed by atoms with Gasteiger partial charge < -0.3 is 9.30 Å². The maximum Gasteiger partial charge on any atom is 0.165 e. The molecule has 0 fully saturated rings. The summed E-state index contributed by atoms with van der Waals surface area (Å²) in [6, 6.07) is 15.4. The van der Waals surface area contributed by atoms with Gasteiger partial charge in [0.1, 0.15) is 12.4 Å². The number of hydrogen-bond donors (Lipinski definition) is 0. The third kappa shape index (κ3) is 3.46. The van der Waals surface area contributed by atoms with Gasteiger partial charge in [-0.25, -0.2) is 0 Å². The standard InChI is InChI=1S/C20H20ClNO2/c1-2-7-19(23)16-14-22(18-10-5-3-8-15(16)18)12-13-24-20-11-6-4-9-17(20)21/h3-6,8-11,14H,2,7,12-13H2,1H3. The number of fused-ring (bicyclic) bond motifs is 1. The molecule has 0 N–H and O–H groups in total. The number of hydrogen-bond acceptors (Lipinski definition) is 2. The van der Waals surface area contributed by atoms with Crippen molar-refractivity contribution in [3.05, 3.63) is 65.3 Å². The van der Waals surface area contributed by atoms with Crippen LogP contribution in [-0.2, 0) is 6.54 Å². The van der Waals surface area contributed by atoms with E-state index in [4.69, 9.17) is 16.3 Å². The Balaban J connectivity index is 1.79. The number of carbonyl (C=O) groups excluding carboxylic acids is 1. The minimum atomic E-state index is 0.194. The lowest BCUT2D eigenvalue weighted by molar-refractivity contribution is 0.0983. The number of Topliss-reactive ketones (excluding diaryl/α,β-unsaturated/α-hetero) is 1. The predicted molar refractivity (Wildman–Crippen MR) is 98.1 cm³/mol. The molecule has 24 heavy (non-hydrogen) atoms. The number of nitrogens with zero attached hydrogens (tertiary/aromatic N) is 1. The van der Waals surface area contributed by atoms with Crippen molar-refractivity contribution in [1.29, 1.82) is 0 Å². The molecule has 0 spiro atoms. The van der Waals surface area contributed by atoms with Crippen molar-refractivity contribution >= 4 is 28.3 Å². The Hall–Kier alpha value is -2.26. The second-order valence-electron chi connectivity index (χ2n) is 5.71. The number of carbonyl (C=O) groups is 1. The molecule has 0 atom stereocenters. The van der Waals surface area contributed by atoms with Gasteiger partial charge in [0.15, 0.2) is 5.78 Å². The minimum absolute atomic E-state index is 0.194. The van der Waals surface area contributed by atoms with Gasteiger partial charge in [-0.2, -0.15) is 0 Å². The van der Waals surface area contributed by atoms with Crippen molar-refractivity contribution in [3.63, 3.8) is 0 Å². The summed E-state index contributed by atoms with van der Waals surface area (Å²) >= 11 is 6.11. The highest BCUT2D eigenvalue weighted by atomic mass is 35.5. The number of benzene rings is 2. The lowest BCUT2D eigenvalue weighted by atomic mass is 10.1. The fourth-order valence-electron chi connectivity index (χ4n) is 2.83. The van der Waals surface area contributed by atoms with E-state index < -0.39 is 0 Å². The largest absolute Gasteiger partial charge is 0.490 e. The Bertz CT molecular complexity index is 854. The van der Waals surface area contributed by atoms with Gasteiger partial charge in [-0.15, -0.1) is 0 Å². The zero-order valence-electron chi connectivity index (χ0n) is 13.7. The Morgan fingerprint density at radius 3 is 2.67 bits per heavy atom. The zero-order valence-corrected chi connectivity index (χ0v) is 14.4. The van der Waals surface area contributed by atoms with Gasteiger partial charge in [0.05, 0.1) is 11.6 Å². The van der Waals surface area contributed by atoms with Crippen LogP contribution < -0.4 is 4.74 Å². The predicted octanol–water partition coefficient (Wildman–Crippen LogP) is 5.36. The van der Waals surface area contributed by atoms with Crippen molar-refractivity contribution in [3.8, 4) is 5.75 Å². The van der Waals surface area contributed by atoms with E-state index in [0.29, 0.717) is 30.3 Å². The van der Waals surface area contributed by atoms with E-state index in [1.54, 1.807) is 0 Å². The molecule has 3 nitrogen and oxygen atoms in total. The van der Waals surface area contributed by atoms with E-state index in [1.165, 1.54) is 0 Å². The average molecular weight is 342 g/mol. The number of halogens is 1. The third-order valence-corrected chi connectivity index (χ3v) is 4.30. The Labute approximate surface area is 146 Å². The quantitative estimate of drug-likeness (QED) is 0.542. The molecule has 2 aromatic carbocycles. The molecule has 0 saturated carbocycles. The zero-order chi connectivity index (χ0) is 16.9. The van der Waals surface area contributed by atoms with E-state index in [0.717, 1.165) is 22.9 Å². The molecule has 1 heterocycles. The van der Waals surface area contributed by atoms with Crippen molar-refractivity contribution in [1.82, 2.24) is 4.57 Å². The summed E-state index contributed by atoms with van der Waals surface area (Å²) in [5.74, 6) is 0.873. The second-order valence-corrected chi connectivity index (χ2v) is 6.11. The van der Waals surface area contributed by atoms with Crippen LogP contribution in [0, 0.1) is 0 Å². The van der Waals surface area contributed by atoms with Crippen LogP contribution in [-0.4, -0.2) is 17.0 Å². The van der Waals surface area contributed by atoms with Gasteiger partial charge in [0, 0.05) is 29.1 Å². The first kappa shape index (κ1) is 16.6. The summed E-state index contributed by atoms with van der Waals surface area (Å²) in [5, 5.41) is 1.61. The molecule has 0 aliphatic heterocycles. The van der Waals surface area contributed by atoms with Crippen LogP contribution in [0.15, 0.2) is 54.7 Å². The summed E-state index contributed by atoms with van der Waals surface area (Å²) in [4.78, 5) is 12.3.